The zero-order valence-corrected chi connectivity index (χ0v) is 10.9. The summed E-state index contributed by atoms with van der Waals surface area (Å²) in [6.07, 6.45) is 1.66. The third-order valence-electron chi connectivity index (χ3n) is 2.52. The van der Waals surface area contributed by atoms with Crippen LogP contribution in [-0.2, 0) is 0 Å². The summed E-state index contributed by atoms with van der Waals surface area (Å²) in [4.78, 5) is 13.5. The lowest BCUT2D eigenvalue weighted by Crippen LogP contribution is -2.10. The number of hydrogen-bond donors (Lipinski definition) is 2. The highest BCUT2D eigenvalue weighted by molar-refractivity contribution is 7.16. The van der Waals surface area contributed by atoms with Crippen LogP contribution < -0.4 is 16.0 Å². The molecule has 0 saturated carbocycles. The number of rotatable bonds is 3. The Labute approximate surface area is 113 Å². The van der Waals surface area contributed by atoms with Gasteiger partial charge >= 0.3 is 0 Å². The van der Waals surface area contributed by atoms with E-state index in [4.69, 9.17) is 10.6 Å². The maximum absolute atomic E-state index is 5.74. The number of pyridine rings is 1. The second kappa shape index (κ2) is 4.79. The van der Waals surface area contributed by atoms with Gasteiger partial charge in [0, 0.05) is 5.69 Å². The lowest BCUT2D eigenvalue weighted by molar-refractivity contribution is 0.466. The van der Waals surface area contributed by atoms with E-state index in [2.05, 4.69) is 20.4 Å². The van der Waals surface area contributed by atoms with Gasteiger partial charge in [-0.25, -0.2) is 10.8 Å². The highest BCUT2D eigenvalue weighted by atomic mass is 32.1. The summed E-state index contributed by atoms with van der Waals surface area (Å²) < 4.78 is 5.74. The number of nitrogens with zero attached hydrogens (tertiary/aromatic N) is 3. The van der Waals surface area contributed by atoms with Gasteiger partial charge in [-0.05, 0) is 30.5 Å². The van der Waals surface area contributed by atoms with Gasteiger partial charge in [-0.2, -0.15) is 4.98 Å². The Morgan fingerprint density at radius 3 is 2.89 bits per heavy atom. The van der Waals surface area contributed by atoms with Gasteiger partial charge in [0.15, 0.2) is 0 Å². The van der Waals surface area contributed by atoms with E-state index < -0.39 is 0 Å². The molecule has 0 aromatic carbocycles. The third-order valence-corrected chi connectivity index (χ3v) is 3.32. The maximum atomic E-state index is 5.74. The van der Waals surface area contributed by atoms with E-state index in [1.54, 1.807) is 6.20 Å². The molecule has 0 atom stereocenters. The van der Waals surface area contributed by atoms with Crippen molar-refractivity contribution in [3.05, 3.63) is 35.5 Å². The van der Waals surface area contributed by atoms with E-state index in [0.717, 1.165) is 15.9 Å². The first-order valence-corrected chi connectivity index (χ1v) is 6.46. The SMILES string of the molecule is Cc1ccc(Oc2nc(NN)nc3sccc23)cn1. The van der Waals surface area contributed by atoms with Crippen LogP contribution in [0.15, 0.2) is 29.8 Å². The third kappa shape index (κ3) is 2.33. The Balaban J connectivity index is 2.03. The minimum absolute atomic E-state index is 0.324. The zero-order chi connectivity index (χ0) is 13.2. The van der Waals surface area contributed by atoms with Gasteiger partial charge in [-0.15, -0.1) is 11.3 Å². The quantitative estimate of drug-likeness (QED) is 0.563. The summed E-state index contributed by atoms with van der Waals surface area (Å²) in [6.45, 7) is 1.92. The number of aromatic nitrogens is 3. The zero-order valence-electron chi connectivity index (χ0n) is 10.1. The summed E-state index contributed by atoms with van der Waals surface area (Å²) in [5, 5.41) is 2.78. The largest absolute Gasteiger partial charge is 0.437 e. The summed E-state index contributed by atoms with van der Waals surface area (Å²) in [5.74, 6) is 6.77. The van der Waals surface area contributed by atoms with Gasteiger partial charge in [-0.3, -0.25) is 10.4 Å². The summed E-state index contributed by atoms with van der Waals surface area (Å²) in [6, 6.07) is 5.64. The molecule has 3 aromatic rings. The number of ether oxygens (including phenoxy) is 1. The van der Waals surface area contributed by atoms with Gasteiger partial charge in [0.25, 0.3) is 0 Å². The molecule has 0 radical (unpaired) electrons. The predicted octanol–water partition coefficient (Wildman–Crippen LogP) is 2.47. The normalized spacial score (nSPS) is 10.6. The van der Waals surface area contributed by atoms with Crippen LogP contribution in [0.2, 0.25) is 0 Å². The number of nitrogens with one attached hydrogen (secondary N) is 1. The molecular weight excluding hydrogens is 262 g/mol. The van der Waals surface area contributed by atoms with Crippen LogP contribution in [0.25, 0.3) is 10.2 Å². The minimum Gasteiger partial charge on any atom is -0.437 e. The molecule has 6 nitrogen and oxygen atoms in total. The number of aryl methyl sites for hydroxylation is 1. The first-order chi connectivity index (χ1) is 9.26. The Bertz CT molecular complexity index is 710. The lowest BCUT2D eigenvalue weighted by Gasteiger charge is -2.07. The first kappa shape index (κ1) is 11.8. The Kier molecular flexibility index (Phi) is 2.98. The van der Waals surface area contributed by atoms with Crippen molar-refractivity contribution in [3.63, 3.8) is 0 Å². The number of nitrogen functional groups attached to an aromatic ring is 1. The molecule has 3 rings (SSSR count). The number of thiophene rings is 1. The molecule has 3 aromatic heterocycles. The van der Waals surface area contributed by atoms with Crippen LogP contribution in [0.4, 0.5) is 5.95 Å². The Hall–Kier alpha value is -2.25. The monoisotopic (exact) mass is 273 g/mol. The fourth-order valence-corrected chi connectivity index (χ4v) is 2.35. The topological polar surface area (TPSA) is 86.0 Å². The van der Waals surface area contributed by atoms with Crippen LogP contribution in [0.5, 0.6) is 11.6 Å². The molecule has 0 spiro atoms. The molecule has 0 aliphatic rings. The van der Waals surface area contributed by atoms with Gasteiger partial charge in [0.2, 0.25) is 11.8 Å². The van der Waals surface area contributed by atoms with E-state index >= 15 is 0 Å². The van der Waals surface area contributed by atoms with Crippen LogP contribution in [0, 0.1) is 6.92 Å². The average molecular weight is 273 g/mol. The second-order valence-electron chi connectivity index (χ2n) is 3.87. The molecule has 0 amide bonds. The van der Waals surface area contributed by atoms with Crippen molar-refractivity contribution < 1.29 is 4.74 Å². The Morgan fingerprint density at radius 2 is 2.16 bits per heavy atom. The summed E-state index contributed by atoms with van der Waals surface area (Å²) in [5.41, 5.74) is 3.36. The average Bonchev–Trinajstić information content (AvgIpc) is 2.89. The van der Waals surface area contributed by atoms with Crippen LogP contribution in [-0.4, -0.2) is 15.0 Å². The van der Waals surface area contributed by atoms with Crippen LogP contribution >= 0.6 is 11.3 Å². The fourth-order valence-electron chi connectivity index (χ4n) is 1.60. The number of anilines is 1. The van der Waals surface area contributed by atoms with Crippen LogP contribution in [0.3, 0.4) is 0 Å². The van der Waals surface area contributed by atoms with Crippen molar-refractivity contribution in [2.45, 2.75) is 6.92 Å². The minimum atomic E-state index is 0.324. The predicted molar refractivity (Wildman–Crippen MR) is 74.3 cm³/mol. The standard InChI is InChI=1S/C12H11N5OS/c1-7-2-3-8(6-14-7)18-10-9-4-5-19-11(9)16-12(15-10)17-13/h2-6H,13H2,1H3,(H,15,16,17). The van der Waals surface area contributed by atoms with E-state index in [9.17, 15) is 0 Å². The van der Waals surface area contributed by atoms with Gasteiger partial charge in [-0.1, -0.05) is 0 Å². The number of nitrogens with two attached hydrogens (primary N) is 1. The second-order valence-corrected chi connectivity index (χ2v) is 4.77. The van der Waals surface area contributed by atoms with E-state index in [1.165, 1.54) is 11.3 Å². The molecule has 7 heteroatoms. The maximum Gasteiger partial charge on any atom is 0.241 e. The fraction of sp³-hybridized carbons (Fsp3) is 0.0833. The first-order valence-electron chi connectivity index (χ1n) is 5.58. The molecule has 0 saturated heterocycles. The summed E-state index contributed by atoms with van der Waals surface area (Å²) in [7, 11) is 0. The smallest absolute Gasteiger partial charge is 0.241 e. The molecule has 19 heavy (non-hydrogen) atoms. The van der Waals surface area contributed by atoms with E-state index in [-0.39, 0.29) is 0 Å². The molecule has 0 bridgehead atoms. The molecule has 3 N–H and O–H groups in total. The van der Waals surface area contributed by atoms with E-state index in [1.807, 2.05) is 30.5 Å². The van der Waals surface area contributed by atoms with Crippen molar-refractivity contribution in [2.24, 2.45) is 5.84 Å². The molecule has 3 heterocycles. The molecule has 0 aliphatic heterocycles. The number of hydrazine groups is 1. The van der Waals surface area contributed by atoms with Gasteiger partial charge < -0.3 is 4.74 Å². The van der Waals surface area contributed by atoms with Gasteiger partial charge in [0.05, 0.1) is 11.6 Å². The highest BCUT2D eigenvalue weighted by Gasteiger charge is 2.10. The summed E-state index contributed by atoms with van der Waals surface area (Å²) >= 11 is 1.50. The van der Waals surface area contributed by atoms with Crippen molar-refractivity contribution in [1.82, 2.24) is 15.0 Å². The van der Waals surface area contributed by atoms with Crippen LogP contribution in [0.1, 0.15) is 5.69 Å². The molecule has 96 valence electrons. The number of fused-ring (bicyclic) bond motifs is 1. The van der Waals surface area contributed by atoms with E-state index in [0.29, 0.717) is 17.6 Å². The molecule has 0 aliphatic carbocycles. The molecular formula is C12H11N5OS. The lowest BCUT2D eigenvalue weighted by atomic mass is 10.3. The Morgan fingerprint density at radius 1 is 1.26 bits per heavy atom. The van der Waals surface area contributed by atoms with Crippen molar-refractivity contribution in [1.29, 1.82) is 0 Å². The van der Waals surface area contributed by atoms with Crippen molar-refractivity contribution in [3.8, 4) is 11.6 Å². The van der Waals surface area contributed by atoms with Crippen molar-refractivity contribution in [2.75, 3.05) is 5.43 Å². The molecule has 0 fully saturated rings. The van der Waals surface area contributed by atoms with Crippen molar-refractivity contribution >= 4 is 27.5 Å². The number of hydrogen-bond acceptors (Lipinski definition) is 7. The molecule has 0 unspecified atom stereocenters. The highest BCUT2D eigenvalue weighted by Crippen LogP contribution is 2.30. The van der Waals surface area contributed by atoms with Gasteiger partial charge in [0.1, 0.15) is 10.6 Å².